The van der Waals surface area contributed by atoms with Gasteiger partial charge in [-0.2, -0.15) is 15.2 Å². The van der Waals surface area contributed by atoms with E-state index in [1.807, 2.05) is 24.3 Å². The van der Waals surface area contributed by atoms with E-state index in [4.69, 9.17) is 18.9 Å². The standard InChI is InChI=1S/C22H25N7O4/c1-14-21(27-23-12-15-6-8-17(30-2)10-19(15)32-4)25-22(29-26-14)28-24-13-16-7-9-18(31-3)11-20(16)33-5/h6-13H,1-5H3,(H2,25,27,28,29)/b23-12-,24-13-. The SMILES string of the molecule is COc1ccc(/C=N\Nc2nnc(C)c(N/N=C\c3ccc(OC)cc3OC)n2)c(OC)c1. The monoisotopic (exact) mass is 451 g/mol. The van der Waals surface area contributed by atoms with E-state index in [1.54, 1.807) is 59.9 Å². The topological polar surface area (TPSA) is 124 Å². The van der Waals surface area contributed by atoms with Crippen molar-refractivity contribution in [3.63, 3.8) is 0 Å². The van der Waals surface area contributed by atoms with Crippen molar-refractivity contribution in [3.05, 3.63) is 53.2 Å². The first-order valence-corrected chi connectivity index (χ1v) is 9.81. The normalized spacial score (nSPS) is 10.9. The summed E-state index contributed by atoms with van der Waals surface area (Å²) in [5.74, 6) is 3.25. The molecule has 0 bridgehead atoms. The van der Waals surface area contributed by atoms with Crippen LogP contribution in [0, 0.1) is 6.92 Å². The van der Waals surface area contributed by atoms with Crippen LogP contribution in [0.3, 0.4) is 0 Å². The molecule has 172 valence electrons. The number of aryl methyl sites for hydroxylation is 1. The Labute approximate surface area is 191 Å². The van der Waals surface area contributed by atoms with Gasteiger partial charge in [0, 0.05) is 23.3 Å². The van der Waals surface area contributed by atoms with Crippen LogP contribution in [0.25, 0.3) is 0 Å². The number of nitrogens with one attached hydrogen (secondary N) is 2. The summed E-state index contributed by atoms with van der Waals surface area (Å²) in [6.45, 7) is 1.76. The maximum absolute atomic E-state index is 5.36. The molecule has 3 aromatic rings. The van der Waals surface area contributed by atoms with Crippen LogP contribution in [0.1, 0.15) is 16.8 Å². The maximum Gasteiger partial charge on any atom is 0.265 e. The summed E-state index contributed by atoms with van der Waals surface area (Å²) in [7, 11) is 6.34. The molecule has 0 saturated heterocycles. The molecule has 0 amide bonds. The van der Waals surface area contributed by atoms with Crippen LogP contribution in [-0.2, 0) is 0 Å². The van der Waals surface area contributed by atoms with E-state index in [0.717, 1.165) is 11.1 Å². The lowest BCUT2D eigenvalue weighted by Gasteiger charge is -2.08. The van der Waals surface area contributed by atoms with Gasteiger partial charge in [0.15, 0.2) is 5.82 Å². The molecule has 11 heteroatoms. The van der Waals surface area contributed by atoms with Crippen molar-refractivity contribution in [2.24, 2.45) is 10.2 Å². The highest BCUT2D eigenvalue weighted by molar-refractivity contribution is 5.85. The molecule has 0 atom stereocenters. The summed E-state index contributed by atoms with van der Waals surface area (Å²) in [6.07, 6.45) is 3.20. The third kappa shape index (κ3) is 6.06. The number of benzene rings is 2. The summed E-state index contributed by atoms with van der Waals surface area (Å²) in [4.78, 5) is 4.35. The quantitative estimate of drug-likeness (QED) is 0.353. The van der Waals surface area contributed by atoms with E-state index in [1.165, 1.54) is 0 Å². The Morgan fingerprint density at radius 2 is 1.27 bits per heavy atom. The first-order valence-electron chi connectivity index (χ1n) is 9.81. The van der Waals surface area contributed by atoms with Crippen molar-refractivity contribution in [1.29, 1.82) is 0 Å². The van der Waals surface area contributed by atoms with Gasteiger partial charge >= 0.3 is 0 Å². The van der Waals surface area contributed by atoms with Crippen LogP contribution >= 0.6 is 0 Å². The van der Waals surface area contributed by atoms with Gasteiger partial charge in [-0.15, -0.1) is 10.2 Å². The molecule has 2 N–H and O–H groups in total. The molecule has 0 radical (unpaired) electrons. The zero-order valence-electron chi connectivity index (χ0n) is 19.0. The van der Waals surface area contributed by atoms with Crippen molar-refractivity contribution in [3.8, 4) is 23.0 Å². The molecule has 0 unspecified atom stereocenters. The number of anilines is 2. The Morgan fingerprint density at radius 1 is 0.727 bits per heavy atom. The van der Waals surface area contributed by atoms with Crippen LogP contribution in [0.15, 0.2) is 46.6 Å². The lowest BCUT2D eigenvalue weighted by atomic mass is 10.2. The number of hydrazone groups is 2. The van der Waals surface area contributed by atoms with Crippen LogP contribution in [0.4, 0.5) is 11.8 Å². The Kier molecular flexibility index (Phi) is 7.95. The summed E-state index contributed by atoms with van der Waals surface area (Å²) >= 11 is 0. The molecule has 11 nitrogen and oxygen atoms in total. The molecule has 0 aliphatic heterocycles. The highest BCUT2D eigenvalue weighted by Gasteiger charge is 2.06. The predicted molar refractivity (Wildman–Crippen MR) is 126 cm³/mol. The van der Waals surface area contributed by atoms with Crippen LogP contribution in [0.2, 0.25) is 0 Å². The van der Waals surface area contributed by atoms with Crippen molar-refractivity contribution in [2.75, 3.05) is 39.3 Å². The Hall–Kier alpha value is -4.41. The number of rotatable bonds is 10. The van der Waals surface area contributed by atoms with E-state index in [-0.39, 0.29) is 5.95 Å². The fourth-order valence-corrected chi connectivity index (χ4v) is 2.70. The Balaban J connectivity index is 1.69. The fraction of sp³-hybridized carbons (Fsp3) is 0.227. The van der Waals surface area contributed by atoms with Gasteiger partial charge in [-0.1, -0.05) is 0 Å². The molecule has 1 heterocycles. The summed E-state index contributed by atoms with van der Waals surface area (Å²) in [5.41, 5.74) is 7.70. The molecule has 33 heavy (non-hydrogen) atoms. The molecular weight excluding hydrogens is 426 g/mol. The van der Waals surface area contributed by atoms with Gasteiger partial charge in [-0.3, -0.25) is 5.43 Å². The minimum absolute atomic E-state index is 0.198. The smallest absolute Gasteiger partial charge is 0.265 e. The van der Waals surface area contributed by atoms with Crippen molar-refractivity contribution >= 4 is 24.2 Å². The zero-order chi connectivity index (χ0) is 23.6. The molecule has 0 saturated carbocycles. The third-order valence-corrected chi connectivity index (χ3v) is 4.48. The van der Waals surface area contributed by atoms with Crippen LogP contribution < -0.4 is 29.8 Å². The molecule has 0 aliphatic rings. The van der Waals surface area contributed by atoms with Gasteiger partial charge in [-0.05, 0) is 31.2 Å². The minimum atomic E-state index is 0.198. The third-order valence-electron chi connectivity index (χ3n) is 4.48. The van der Waals surface area contributed by atoms with Gasteiger partial charge < -0.3 is 18.9 Å². The second-order valence-corrected chi connectivity index (χ2v) is 6.53. The number of aromatic nitrogens is 3. The number of methoxy groups -OCH3 is 4. The largest absolute Gasteiger partial charge is 0.497 e. The van der Waals surface area contributed by atoms with Gasteiger partial charge in [0.1, 0.15) is 28.7 Å². The van der Waals surface area contributed by atoms with Gasteiger partial charge in [0.2, 0.25) is 0 Å². The van der Waals surface area contributed by atoms with E-state index in [2.05, 4.69) is 36.2 Å². The molecular formula is C22H25N7O4. The van der Waals surface area contributed by atoms with E-state index >= 15 is 0 Å². The first-order chi connectivity index (χ1) is 16.1. The predicted octanol–water partition coefficient (Wildman–Crippen LogP) is 3.11. The molecule has 0 fully saturated rings. The minimum Gasteiger partial charge on any atom is -0.497 e. The number of hydrogen-bond donors (Lipinski definition) is 2. The molecule has 0 aliphatic carbocycles. The van der Waals surface area contributed by atoms with E-state index in [0.29, 0.717) is 34.5 Å². The number of ether oxygens (including phenoxy) is 4. The van der Waals surface area contributed by atoms with Crippen molar-refractivity contribution < 1.29 is 18.9 Å². The van der Waals surface area contributed by atoms with Crippen molar-refractivity contribution in [1.82, 2.24) is 15.2 Å². The van der Waals surface area contributed by atoms with Gasteiger partial charge in [-0.25, -0.2) is 5.43 Å². The molecule has 1 aromatic heterocycles. The summed E-state index contributed by atoms with van der Waals surface area (Å²) in [5, 5.41) is 16.4. The molecule has 0 spiro atoms. The number of nitrogens with zero attached hydrogens (tertiary/aromatic N) is 5. The van der Waals surface area contributed by atoms with E-state index < -0.39 is 0 Å². The average molecular weight is 451 g/mol. The lowest BCUT2D eigenvalue weighted by Crippen LogP contribution is -2.05. The molecule has 2 aromatic carbocycles. The highest BCUT2D eigenvalue weighted by Crippen LogP contribution is 2.24. The summed E-state index contributed by atoms with van der Waals surface area (Å²) < 4.78 is 21.1. The van der Waals surface area contributed by atoms with Crippen molar-refractivity contribution in [2.45, 2.75) is 6.92 Å². The number of hydrogen-bond acceptors (Lipinski definition) is 11. The fourth-order valence-electron chi connectivity index (χ4n) is 2.70. The maximum atomic E-state index is 5.36. The Bertz CT molecular complexity index is 1150. The molecule has 3 rings (SSSR count). The average Bonchev–Trinajstić information content (AvgIpc) is 2.85. The second kappa shape index (κ2) is 11.3. The lowest BCUT2D eigenvalue weighted by molar-refractivity contribution is 0.393. The first kappa shape index (κ1) is 23.3. The van der Waals surface area contributed by atoms with E-state index in [9.17, 15) is 0 Å². The zero-order valence-corrected chi connectivity index (χ0v) is 19.0. The summed E-state index contributed by atoms with van der Waals surface area (Å²) in [6, 6.07) is 10.8. The van der Waals surface area contributed by atoms with Crippen LogP contribution in [-0.4, -0.2) is 56.0 Å². The van der Waals surface area contributed by atoms with Crippen LogP contribution in [0.5, 0.6) is 23.0 Å². The Morgan fingerprint density at radius 3 is 1.79 bits per heavy atom. The second-order valence-electron chi connectivity index (χ2n) is 6.53. The highest BCUT2D eigenvalue weighted by atomic mass is 16.5. The van der Waals surface area contributed by atoms with Gasteiger partial charge in [0.25, 0.3) is 5.95 Å². The van der Waals surface area contributed by atoms with Gasteiger partial charge in [0.05, 0.1) is 40.9 Å².